The second-order valence-corrected chi connectivity index (χ2v) is 8.47. The Kier molecular flexibility index (Phi) is 7.95. The predicted octanol–water partition coefficient (Wildman–Crippen LogP) is 5.17. The summed E-state index contributed by atoms with van der Waals surface area (Å²) in [6.45, 7) is 0.455. The van der Waals surface area contributed by atoms with Gasteiger partial charge in [0, 0.05) is 0 Å². The predicted molar refractivity (Wildman–Crippen MR) is 109 cm³/mol. The van der Waals surface area contributed by atoms with Gasteiger partial charge >= 0.3 is 19.6 Å². The fraction of sp³-hybridized carbons (Fsp3) is 0.150. The van der Waals surface area contributed by atoms with E-state index in [1.54, 1.807) is 0 Å². The summed E-state index contributed by atoms with van der Waals surface area (Å²) < 4.78 is 101. The van der Waals surface area contributed by atoms with Crippen LogP contribution < -0.4 is 14.1 Å². The number of ether oxygens (including phenoxy) is 1. The lowest BCUT2D eigenvalue weighted by Gasteiger charge is -2.23. The van der Waals surface area contributed by atoms with Crippen LogP contribution in [0.4, 0.5) is 27.8 Å². The number of esters is 1. The Labute approximate surface area is 198 Å². The van der Waals surface area contributed by atoms with Gasteiger partial charge in [0.05, 0.1) is 6.07 Å². The minimum absolute atomic E-state index is 0.122. The molecule has 10 nitrogen and oxygen atoms in total. The van der Waals surface area contributed by atoms with E-state index in [1.165, 1.54) is 30.3 Å². The molecule has 0 radical (unpaired) electrons. The summed E-state index contributed by atoms with van der Waals surface area (Å²) in [5.41, 5.74) is 0. The first-order valence-electron chi connectivity index (χ1n) is 9.65. The lowest BCUT2D eigenvalue weighted by atomic mass is 10.3. The highest BCUT2D eigenvalue weighted by molar-refractivity contribution is 7.52. The number of carbonyl (C=O) groups excluding carboxylic acids is 1. The SMILES string of the molecule is C[C@H](NP(=O)(Oc1ccccc1)Oc1c(F)c(F)c(F)c(F)c1F)C(=O)OCc1ccc([N+](=O)[O-])o1. The highest BCUT2D eigenvalue weighted by atomic mass is 31.2. The summed E-state index contributed by atoms with van der Waals surface area (Å²) in [5.74, 6) is -16.1. The van der Waals surface area contributed by atoms with Crippen LogP contribution in [0.3, 0.4) is 0 Å². The second-order valence-electron chi connectivity index (χ2n) is 6.85. The van der Waals surface area contributed by atoms with Crippen LogP contribution in [0.1, 0.15) is 12.7 Å². The van der Waals surface area contributed by atoms with Gasteiger partial charge in [-0.15, -0.1) is 0 Å². The molecule has 0 bridgehead atoms. The average Bonchev–Trinajstić information content (AvgIpc) is 3.33. The van der Waals surface area contributed by atoms with Crippen LogP contribution in [-0.2, 0) is 20.7 Å². The van der Waals surface area contributed by atoms with Crippen molar-refractivity contribution < 1.29 is 54.4 Å². The van der Waals surface area contributed by atoms with E-state index in [0.717, 1.165) is 19.1 Å². The number of hydrogen-bond donors (Lipinski definition) is 1. The fourth-order valence-electron chi connectivity index (χ4n) is 2.58. The largest absolute Gasteiger partial charge is 0.513 e. The first-order chi connectivity index (χ1) is 16.9. The van der Waals surface area contributed by atoms with Gasteiger partial charge in [0.2, 0.25) is 34.8 Å². The second kappa shape index (κ2) is 10.7. The van der Waals surface area contributed by atoms with E-state index in [2.05, 4.69) is 4.52 Å². The van der Waals surface area contributed by atoms with Crippen LogP contribution in [0, 0.1) is 39.2 Å². The van der Waals surface area contributed by atoms with Crippen molar-refractivity contribution in [2.75, 3.05) is 0 Å². The molecule has 0 aliphatic carbocycles. The molecule has 0 aliphatic heterocycles. The van der Waals surface area contributed by atoms with Crippen molar-refractivity contribution in [1.29, 1.82) is 0 Å². The third-order valence-corrected chi connectivity index (χ3v) is 5.82. The Bertz CT molecular complexity index is 1310. The first kappa shape index (κ1) is 26.6. The molecule has 3 rings (SSSR count). The average molecular weight is 536 g/mol. The van der Waals surface area contributed by atoms with Crippen molar-refractivity contribution in [3.63, 3.8) is 0 Å². The molecular formula is C20H14F5N2O8P. The molecule has 0 aliphatic rings. The number of benzene rings is 2. The molecule has 0 fully saturated rings. The zero-order valence-corrected chi connectivity index (χ0v) is 18.8. The molecule has 0 spiro atoms. The van der Waals surface area contributed by atoms with Gasteiger partial charge in [-0.3, -0.25) is 14.9 Å². The van der Waals surface area contributed by atoms with E-state index in [1.807, 2.05) is 5.09 Å². The van der Waals surface area contributed by atoms with E-state index in [4.69, 9.17) is 13.7 Å². The van der Waals surface area contributed by atoms with Crippen LogP contribution in [0.2, 0.25) is 0 Å². The Hall–Kier alpha value is -3.97. The Morgan fingerprint density at radius 3 is 2.14 bits per heavy atom. The number of para-hydroxylation sites is 1. The summed E-state index contributed by atoms with van der Waals surface area (Å²) in [6.07, 6.45) is 0. The summed E-state index contributed by atoms with van der Waals surface area (Å²) in [6, 6.07) is 7.31. The van der Waals surface area contributed by atoms with Gasteiger partial charge in [-0.05, 0) is 25.1 Å². The zero-order chi connectivity index (χ0) is 26.6. The van der Waals surface area contributed by atoms with Gasteiger partial charge in [0.1, 0.15) is 29.1 Å². The number of rotatable bonds is 10. The number of carbonyl (C=O) groups is 1. The molecule has 0 amide bonds. The minimum Gasteiger partial charge on any atom is -0.456 e. The molecule has 2 atom stereocenters. The van der Waals surface area contributed by atoms with Crippen LogP contribution in [0.25, 0.3) is 0 Å². The van der Waals surface area contributed by atoms with Gasteiger partial charge in [-0.25, -0.2) is 17.7 Å². The number of halogens is 5. The summed E-state index contributed by atoms with van der Waals surface area (Å²) in [4.78, 5) is 22.1. The van der Waals surface area contributed by atoms with Crippen molar-refractivity contribution in [2.45, 2.75) is 19.6 Å². The van der Waals surface area contributed by atoms with Crippen LogP contribution in [0.5, 0.6) is 11.5 Å². The third kappa shape index (κ3) is 5.98. The van der Waals surface area contributed by atoms with Crippen LogP contribution >= 0.6 is 7.75 Å². The third-order valence-electron chi connectivity index (χ3n) is 4.24. The maximum Gasteiger partial charge on any atom is 0.513 e. The van der Waals surface area contributed by atoms with E-state index in [9.17, 15) is 41.4 Å². The molecule has 3 aromatic rings. The molecule has 2 aromatic carbocycles. The van der Waals surface area contributed by atoms with Gasteiger partial charge in [0.25, 0.3) is 0 Å². The number of nitrogens with zero attached hydrogens (tertiary/aromatic N) is 1. The van der Waals surface area contributed by atoms with E-state index in [-0.39, 0.29) is 11.5 Å². The number of hydrogen-bond acceptors (Lipinski definition) is 8. The molecule has 192 valence electrons. The molecule has 1 heterocycles. The highest BCUT2D eigenvalue weighted by Gasteiger charge is 2.38. The molecular weight excluding hydrogens is 522 g/mol. The molecule has 1 unspecified atom stereocenters. The van der Waals surface area contributed by atoms with E-state index >= 15 is 0 Å². The van der Waals surface area contributed by atoms with Crippen molar-refractivity contribution in [3.8, 4) is 11.5 Å². The molecule has 1 aromatic heterocycles. The van der Waals surface area contributed by atoms with E-state index < -0.39 is 72.0 Å². The molecule has 0 saturated carbocycles. The zero-order valence-electron chi connectivity index (χ0n) is 17.9. The van der Waals surface area contributed by atoms with Crippen molar-refractivity contribution in [1.82, 2.24) is 5.09 Å². The van der Waals surface area contributed by atoms with Gasteiger partial charge in [-0.2, -0.15) is 13.9 Å². The maximum absolute atomic E-state index is 14.1. The van der Waals surface area contributed by atoms with Gasteiger partial charge in [-0.1, -0.05) is 18.2 Å². The normalized spacial score (nSPS) is 13.5. The topological polar surface area (TPSA) is 130 Å². The lowest BCUT2D eigenvalue weighted by molar-refractivity contribution is -0.402. The molecule has 16 heteroatoms. The van der Waals surface area contributed by atoms with Crippen molar-refractivity contribution in [3.05, 3.63) is 87.4 Å². The number of nitro groups is 1. The quantitative estimate of drug-likeness (QED) is 0.0709. The number of furan rings is 1. The maximum atomic E-state index is 14.1. The lowest BCUT2D eigenvalue weighted by Crippen LogP contribution is -2.36. The Balaban J connectivity index is 1.83. The summed E-state index contributed by atoms with van der Waals surface area (Å²) in [5, 5.41) is 12.6. The minimum atomic E-state index is -5.09. The van der Waals surface area contributed by atoms with E-state index in [0.29, 0.717) is 0 Å². The van der Waals surface area contributed by atoms with Crippen LogP contribution in [-0.4, -0.2) is 16.9 Å². The van der Waals surface area contributed by atoms with Crippen molar-refractivity contribution >= 4 is 19.6 Å². The standard InChI is InChI=1S/C20H14F5N2O8P/c1-10(20(28)32-9-12-7-8-13(33-12)27(29)30)26-36(31,34-11-5-3-2-4-6-11)35-19-17(24)15(22)14(21)16(23)18(19)25/h2-8,10H,9H2,1H3,(H,26,31)/t10-,36?/m0/s1. The first-order valence-corrected chi connectivity index (χ1v) is 11.2. The molecule has 0 saturated heterocycles. The summed E-state index contributed by atoms with van der Waals surface area (Å²) >= 11 is 0. The van der Waals surface area contributed by atoms with Crippen molar-refractivity contribution in [2.24, 2.45) is 0 Å². The Morgan fingerprint density at radius 2 is 1.58 bits per heavy atom. The Morgan fingerprint density at radius 1 is 1.00 bits per heavy atom. The highest BCUT2D eigenvalue weighted by Crippen LogP contribution is 2.47. The monoisotopic (exact) mass is 536 g/mol. The van der Waals surface area contributed by atoms with Gasteiger partial charge in [0.15, 0.2) is 0 Å². The fourth-order valence-corrected chi connectivity index (χ4v) is 4.10. The molecule has 1 N–H and O–H groups in total. The van der Waals surface area contributed by atoms with Crippen LogP contribution in [0.15, 0.2) is 46.9 Å². The smallest absolute Gasteiger partial charge is 0.456 e. The number of nitrogens with one attached hydrogen (secondary N) is 1. The molecule has 36 heavy (non-hydrogen) atoms. The van der Waals surface area contributed by atoms with Gasteiger partial charge < -0.3 is 18.2 Å². The summed E-state index contributed by atoms with van der Waals surface area (Å²) in [7, 11) is -5.09.